The van der Waals surface area contributed by atoms with Crippen molar-refractivity contribution in [1.29, 1.82) is 0 Å². The molecule has 6 heteroatoms. The third-order valence-electron chi connectivity index (χ3n) is 3.22. The highest BCUT2D eigenvalue weighted by atomic mass is 35.5. The van der Waals surface area contributed by atoms with Crippen LogP contribution in [0.15, 0.2) is 18.2 Å². The van der Waals surface area contributed by atoms with Crippen LogP contribution in [0, 0.1) is 5.82 Å². The minimum atomic E-state index is -0.530. The summed E-state index contributed by atoms with van der Waals surface area (Å²) in [6.45, 7) is 3.51. The first-order valence-electron chi connectivity index (χ1n) is 6.14. The predicted molar refractivity (Wildman–Crippen MR) is 74.5 cm³/mol. The summed E-state index contributed by atoms with van der Waals surface area (Å²) in [5, 5.41) is 0.366. The molecule has 0 aromatic heterocycles. The van der Waals surface area contributed by atoms with Gasteiger partial charge in [-0.05, 0) is 18.2 Å². The van der Waals surface area contributed by atoms with Crippen LogP contribution in [-0.2, 0) is 0 Å². The van der Waals surface area contributed by atoms with Crippen LogP contribution in [0.2, 0.25) is 5.02 Å². The first-order chi connectivity index (χ1) is 9.11. The number of carbonyl (C=O) groups excluding carboxylic acids is 1. The van der Waals surface area contributed by atoms with Crippen LogP contribution in [0.25, 0.3) is 0 Å². The van der Waals surface area contributed by atoms with E-state index in [0.717, 1.165) is 19.6 Å². The lowest BCUT2D eigenvalue weighted by Crippen LogP contribution is -2.49. The molecule has 1 amide bonds. The molecule has 1 aromatic carbocycles. The fourth-order valence-corrected chi connectivity index (χ4v) is 2.54. The number of carbonyl (C=O) groups is 1. The molecule has 0 radical (unpaired) electrons. The van der Waals surface area contributed by atoms with Crippen molar-refractivity contribution in [2.24, 2.45) is 0 Å². The summed E-state index contributed by atoms with van der Waals surface area (Å²) < 4.78 is 13.6. The van der Waals surface area contributed by atoms with Crippen LogP contribution in [-0.4, -0.2) is 54.3 Å². The molecule has 0 bridgehead atoms. The van der Waals surface area contributed by atoms with Gasteiger partial charge in [-0.25, -0.2) is 4.39 Å². The van der Waals surface area contributed by atoms with Gasteiger partial charge in [0.2, 0.25) is 0 Å². The van der Waals surface area contributed by atoms with Crippen LogP contribution in [0.3, 0.4) is 0 Å². The summed E-state index contributed by atoms with van der Waals surface area (Å²) in [5.41, 5.74) is 0.0401. The number of benzene rings is 1. The molecule has 1 heterocycles. The van der Waals surface area contributed by atoms with E-state index in [9.17, 15) is 9.18 Å². The van der Waals surface area contributed by atoms with Crippen molar-refractivity contribution in [3.63, 3.8) is 0 Å². The third-order valence-corrected chi connectivity index (χ3v) is 3.62. The van der Waals surface area contributed by atoms with Gasteiger partial charge in [0.1, 0.15) is 5.82 Å². The Morgan fingerprint density at radius 2 is 1.95 bits per heavy atom. The number of hydrogen-bond donors (Lipinski definition) is 0. The van der Waals surface area contributed by atoms with E-state index in [0.29, 0.717) is 24.0 Å². The highest BCUT2D eigenvalue weighted by molar-refractivity contribution is 6.31. The average Bonchev–Trinajstić information content (AvgIpc) is 2.42. The number of nitrogens with zero attached hydrogens (tertiary/aromatic N) is 2. The van der Waals surface area contributed by atoms with Gasteiger partial charge in [0.05, 0.1) is 5.56 Å². The Morgan fingerprint density at radius 1 is 1.26 bits per heavy atom. The molecule has 19 heavy (non-hydrogen) atoms. The number of piperazine rings is 1. The van der Waals surface area contributed by atoms with Crippen LogP contribution < -0.4 is 0 Å². The van der Waals surface area contributed by atoms with Gasteiger partial charge in [0.25, 0.3) is 5.91 Å². The van der Waals surface area contributed by atoms with Gasteiger partial charge in [-0.15, -0.1) is 11.6 Å². The minimum absolute atomic E-state index is 0.0401. The smallest absolute Gasteiger partial charge is 0.256 e. The molecule has 2 rings (SSSR count). The van der Waals surface area contributed by atoms with E-state index in [4.69, 9.17) is 23.2 Å². The Labute approximate surface area is 121 Å². The maximum Gasteiger partial charge on any atom is 0.256 e. The number of halogens is 3. The van der Waals surface area contributed by atoms with Gasteiger partial charge >= 0.3 is 0 Å². The summed E-state index contributed by atoms with van der Waals surface area (Å²) in [6.07, 6.45) is 0. The van der Waals surface area contributed by atoms with Crippen LogP contribution in [0.5, 0.6) is 0 Å². The Bertz CT molecular complexity index is 462. The Hall–Kier alpha value is -0.840. The molecule has 104 valence electrons. The summed E-state index contributed by atoms with van der Waals surface area (Å²) >= 11 is 11.5. The van der Waals surface area contributed by atoms with Crippen LogP contribution in [0.1, 0.15) is 10.4 Å². The van der Waals surface area contributed by atoms with E-state index in [2.05, 4.69) is 4.90 Å². The number of hydrogen-bond acceptors (Lipinski definition) is 2. The van der Waals surface area contributed by atoms with E-state index in [1.54, 1.807) is 4.90 Å². The number of rotatable bonds is 3. The minimum Gasteiger partial charge on any atom is -0.336 e. The van der Waals surface area contributed by atoms with Crippen molar-refractivity contribution in [2.75, 3.05) is 38.6 Å². The van der Waals surface area contributed by atoms with Gasteiger partial charge in [-0.2, -0.15) is 0 Å². The second-order valence-corrected chi connectivity index (χ2v) is 5.26. The maximum atomic E-state index is 13.6. The standard InChI is InChI=1S/C13H15Cl2FN2O/c14-3-4-17-5-7-18(8-6-17)13(19)11-9-10(15)1-2-12(11)16/h1-2,9H,3-8H2. The van der Waals surface area contributed by atoms with E-state index in [1.165, 1.54) is 18.2 Å². The lowest BCUT2D eigenvalue weighted by atomic mass is 10.1. The molecule has 3 nitrogen and oxygen atoms in total. The molecule has 0 atom stereocenters. The van der Waals surface area contributed by atoms with E-state index < -0.39 is 5.82 Å². The van der Waals surface area contributed by atoms with Crippen molar-refractivity contribution in [2.45, 2.75) is 0 Å². The van der Waals surface area contributed by atoms with E-state index in [-0.39, 0.29) is 11.5 Å². The Kier molecular flexibility index (Phi) is 5.02. The molecule has 1 aliphatic rings. The fraction of sp³-hybridized carbons (Fsp3) is 0.462. The predicted octanol–water partition coefficient (Wildman–Crippen LogP) is 2.48. The van der Waals surface area contributed by atoms with Gasteiger partial charge in [-0.3, -0.25) is 9.69 Å². The molecule has 0 unspecified atom stereocenters. The highest BCUT2D eigenvalue weighted by Crippen LogP contribution is 2.17. The zero-order valence-electron chi connectivity index (χ0n) is 10.4. The normalized spacial score (nSPS) is 16.7. The van der Waals surface area contributed by atoms with Crippen molar-refractivity contribution < 1.29 is 9.18 Å². The highest BCUT2D eigenvalue weighted by Gasteiger charge is 2.23. The summed E-state index contributed by atoms with van der Waals surface area (Å²) in [6, 6.07) is 4.04. The number of amides is 1. The second kappa shape index (κ2) is 6.55. The maximum absolute atomic E-state index is 13.6. The first-order valence-corrected chi connectivity index (χ1v) is 7.05. The summed E-state index contributed by atoms with van der Waals surface area (Å²) in [7, 11) is 0. The monoisotopic (exact) mass is 304 g/mol. The second-order valence-electron chi connectivity index (χ2n) is 4.45. The van der Waals surface area contributed by atoms with Gasteiger partial charge in [0, 0.05) is 43.6 Å². The Balaban J connectivity index is 2.03. The van der Waals surface area contributed by atoms with E-state index in [1.807, 2.05) is 0 Å². The molecule has 0 aliphatic carbocycles. The fourth-order valence-electron chi connectivity index (χ4n) is 2.13. The zero-order chi connectivity index (χ0) is 13.8. The third kappa shape index (κ3) is 3.59. The molecule has 1 aromatic rings. The summed E-state index contributed by atoms with van der Waals surface area (Å²) in [5.74, 6) is -0.250. The average molecular weight is 305 g/mol. The van der Waals surface area contributed by atoms with E-state index >= 15 is 0 Å². The molecule has 0 N–H and O–H groups in total. The largest absolute Gasteiger partial charge is 0.336 e. The lowest BCUT2D eigenvalue weighted by Gasteiger charge is -2.34. The quantitative estimate of drug-likeness (QED) is 0.801. The molecular weight excluding hydrogens is 290 g/mol. The SMILES string of the molecule is O=C(c1cc(Cl)ccc1F)N1CCN(CCCl)CC1. The zero-order valence-corrected chi connectivity index (χ0v) is 11.9. The van der Waals surface area contributed by atoms with Crippen molar-refractivity contribution >= 4 is 29.1 Å². The topological polar surface area (TPSA) is 23.6 Å². The molecule has 1 aliphatic heterocycles. The molecule has 1 saturated heterocycles. The molecule has 0 spiro atoms. The van der Waals surface area contributed by atoms with Gasteiger partial charge < -0.3 is 4.90 Å². The van der Waals surface area contributed by atoms with Gasteiger partial charge in [-0.1, -0.05) is 11.6 Å². The van der Waals surface area contributed by atoms with Gasteiger partial charge in [0.15, 0.2) is 0 Å². The molecular formula is C13H15Cl2FN2O. The molecule has 0 saturated carbocycles. The lowest BCUT2D eigenvalue weighted by molar-refractivity contribution is 0.0640. The molecule has 1 fully saturated rings. The van der Waals surface area contributed by atoms with Crippen molar-refractivity contribution in [3.05, 3.63) is 34.6 Å². The summed E-state index contributed by atoms with van der Waals surface area (Å²) in [4.78, 5) is 16.1. The van der Waals surface area contributed by atoms with Crippen LogP contribution >= 0.6 is 23.2 Å². The van der Waals surface area contributed by atoms with Crippen molar-refractivity contribution in [3.8, 4) is 0 Å². The van der Waals surface area contributed by atoms with Crippen molar-refractivity contribution in [1.82, 2.24) is 9.80 Å². The number of alkyl halides is 1. The van der Waals surface area contributed by atoms with Crippen LogP contribution in [0.4, 0.5) is 4.39 Å². The Morgan fingerprint density at radius 3 is 2.58 bits per heavy atom. The first kappa shape index (κ1) is 14.6.